The van der Waals surface area contributed by atoms with Gasteiger partial charge < -0.3 is 10.6 Å². The van der Waals surface area contributed by atoms with Crippen molar-refractivity contribution in [3.05, 3.63) is 69.7 Å². The van der Waals surface area contributed by atoms with E-state index in [1.54, 1.807) is 18.2 Å². The lowest BCUT2D eigenvalue weighted by Crippen LogP contribution is -2.23. The third kappa shape index (κ3) is 4.65. The van der Waals surface area contributed by atoms with Crippen molar-refractivity contribution in [3.63, 3.8) is 0 Å². The number of urea groups is 1. The lowest BCUT2D eigenvalue weighted by atomic mass is 10.2. The smallest absolute Gasteiger partial charge is 0.314 e. The zero-order chi connectivity index (χ0) is 14.4. The highest BCUT2D eigenvalue weighted by atomic mass is 127. The van der Waals surface area contributed by atoms with Crippen molar-refractivity contribution in [2.75, 3.05) is 5.32 Å². The first-order valence-corrected chi connectivity index (χ1v) is 6.96. The van der Waals surface area contributed by atoms with Crippen molar-refractivity contribution in [2.45, 2.75) is 0 Å². The molecule has 0 radical (unpaired) electrons. The minimum atomic E-state index is -0.329. The second-order valence-corrected chi connectivity index (χ2v) is 5.24. The van der Waals surface area contributed by atoms with Gasteiger partial charge in [-0.25, -0.2) is 9.18 Å². The van der Waals surface area contributed by atoms with Crippen LogP contribution in [0.4, 0.5) is 14.9 Å². The van der Waals surface area contributed by atoms with Crippen LogP contribution in [0.1, 0.15) is 5.56 Å². The van der Waals surface area contributed by atoms with Gasteiger partial charge in [0.05, 0.1) is 0 Å². The molecule has 0 unspecified atom stereocenters. The fourth-order valence-electron chi connectivity index (χ4n) is 1.49. The van der Waals surface area contributed by atoms with Crippen LogP contribution < -0.4 is 10.6 Å². The first-order valence-electron chi connectivity index (χ1n) is 5.89. The van der Waals surface area contributed by atoms with Gasteiger partial charge in [0.25, 0.3) is 0 Å². The number of hydrogen-bond donors (Lipinski definition) is 2. The normalized spacial score (nSPS) is 10.5. The number of carbonyl (C=O) groups is 1. The van der Waals surface area contributed by atoms with Gasteiger partial charge in [0, 0.05) is 15.5 Å². The number of benzene rings is 2. The van der Waals surface area contributed by atoms with Gasteiger partial charge >= 0.3 is 6.03 Å². The topological polar surface area (TPSA) is 41.1 Å². The summed E-state index contributed by atoms with van der Waals surface area (Å²) in [7, 11) is 0. The molecule has 0 spiro atoms. The van der Waals surface area contributed by atoms with E-state index in [1.807, 2.05) is 24.3 Å². The van der Waals surface area contributed by atoms with Gasteiger partial charge in [-0.2, -0.15) is 0 Å². The van der Waals surface area contributed by atoms with Crippen molar-refractivity contribution >= 4 is 40.4 Å². The third-order valence-corrected chi connectivity index (χ3v) is 3.18. The molecule has 2 aromatic carbocycles. The third-order valence-electron chi connectivity index (χ3n) is 2.46. The molecule has 0 saturated heterocycles. The number of anilines is 1. The average molecular weight is 382 g/mol. The number of rotatable bonds is 3. The zero-order valence-electron chi connectivity index (χ0n) is 10.4. The largest absolute Gasteiger partial charge is 0.323 e. The summed E-state index contributed by atoms with van der Waals surface area (Å²) < 4.78 is 13.8. The van der Waals surface area contributed by atoms with E-state index in [4.69, 9.17) is 0 Å². The van der Waals surface area contributed by atoms with Crippen molar-refractivity contribution in [2.24, 2.45) is 0 Å². The molecule has 5 heteroatoms. The van der Waals surface area contributed by atoms with Gasteiger partial charge in [0.2, 0.25) is 0 Å². The van der Waals surface area contributed by atoms with Crippen LogP contribution in [0.15, 0.2) is 54.7 Å². The van der Waals surface area contributed by atoms with Crippen LogP contribution >= 0.6 is 22.6 Å². The van der Waals surface area contributed by atoms with Crippen molar-refractivity contribution < 1.29 is 9.18 Å². The second-order valence-electron chi connectivity index (χ2n) is 3.99. The minimum Gasteiger partial charge on any atom is -0.314 e. The SMILES string of the molecule is O=C(N/C=C/c1ccc(F)cc1)Nc1ccc(I)cc1. The molecular weight excluding hydrogens is 370 g/mol. The molecule has 2 rings (SSSR count). The van der Waals surface area contributed by atoms with Crippen LogP contribution in [0.25, 0.3) is 6.08 Å². The highest BCUT2D eigenvalue weighted by Crippen LogP contribution is 2.10. The lowest BCUT2D eigenvalue weighted by molar-refractivity contribution is 0.255. The molecule has 0 heterocycles. The Kier molecular flexibility index (Phi) is 5.11. The molecule has 3 nitrogen and oxygen atoms in total. The second kappa shape index (κ2) is 7.04. The molecule has 0 saturated carbocycles. The molecule has 2 aromatic rings. The number of hydrogen-bond acceptors (Lipinski definition) is 1. The Morgan fingerprint density at radius 1 is 1.05 bits per heavy atom. The van der Waals surface area contributed by atoms with Crippen molar-refractivity contribution in [1.82, 2.24) is 5.32 Å². The summed E-state index contributed by atoms with van der Waals surface area (Å²) in [6, 6.07) is 13.1. The summed E-state index contributed by atoms with van der Waals surface area (Å²) >= 11 is 2.20. The average Bonchev–Trinajstić information content (AvgIpc) is 2.44. The molecule has 0 bridgehead atoms. The monoisotopic (exact) mass is 382 g/mol. The molecular formula is C15H12FIN2O. The van der Waals surface area contributed by atoms with E-state index < -0.39 is 0 Å². The summed E-state index contributed by atoms with van der Waals surface area (Å²) in [6.45, 7) is 0. The Balaban J connectivity index is 1.85. The molecule has 102 valence electrons. The Labute approximate surface area is 130 Å². The predicted molar refractivity (Wildman–Crippen MR) is 86.7 cm³/mol. The molecule has 0 aliphatic rings. The predicted octanol–water partition coefficient (Wildman–Crippen LogP) is 4.22. The molecule has 2 amide bonds. The Hall–Kier alpha value is -1.89. The van der Waals surface area contributed by atoms with Crippen LogP contribution in [0.5, 0.6) is 0 Å². The van der Waals surface area contributed by atoms with Crippen LogP contribution in [0.2, 0.25) is 0 Å². The summed E-state index contributed by atoms with van der Waals surface area (Å²) in [5, 5.41) is 5.28. The first-order chi connectivity index (χ1) is 9.63. The molecule has 2 N–H and O–H groups in total. The summed E-state index contributed by atoms with van der Waals surface area (Å²) in [5.41, 5.74) is 1.53. The Bertz CT molecular complexity index is 609. The maximum atomic E-state index is 12.7. The molecule has 0 aliphatic heterocycles. The quantitative estimate of drug-likeness (QED) is 0.767. The van der Waals surface area contributed by atoms with Gasteiger partial charge in [0.15, 0.2) is 0 Å². The van der Waals surface area contributed by atoms with Gasteiger partial charge in [-0.15, -0.1) is 0 Å². The van der Waals surface area contributed by atoms with Crippen molar-refractivity contribution in [1.29, 1.82) is 0 Å². The van der Waals surface area contributed by atoms with Crippen LogP contribution in [-0.4, -0.2) is 6.03 Å². The summed E-state index contributed by atoms with van der Waals surface area (Å²) in [5.74, 6) is -0.286. The molecule has 0 aromatic heterocycles. The van der Waals surface area contributed by atoms with Gasteiger partial charge in [0.1, 0.15) is 5.82 Å². The number of nitrogens with one attached hydrogen (secondary N) is 2. The van der Waals surface area contributed by atoms with Gasteiger partial charge in [-0.05, 0) is 70.6 Å². The van der Waals surface area contributed by atoms with Crippen LogP contribution in [-0.2, 0) is 0 Å². The van der Waals surface area contributed by atoms with E-state index in [2.05, 4.69) is 33.2 Å². The fourth-order valence-corrected chi connectivity index (χ4v) is 1.85. The Morgan fingerprint density at radius 2 is 1.70 bits per heavy atom. The zero-order valence-corrected chi connectivity index (χ0v) is 12.6. The van der Waals surface area contributed by atoms with Gasteiger partial charge in [-0.3, -0.25) is 0 Å². The van der Waals surface area contributed by atoms with Crippen molar-refractivity contribution in [3.8, 4) is 0 Å². The van der Waals surface area contributed by atoms with E-state index in [0.717, 1.165) is 14.8 Å². The highest BCUT2D eigenvalue weighted by molar-refractivity contribution is 14.1. The number of carbonyl (C=O) groups excluding carboxylic acids is 1. The fraction of sp³-hybridized carbons (Fsp3) is 0. The lowest BCUT2D eigenvalue weighted by Gasteiger charge is -2.04. The minimum absolute atomic E-state index is 0.286. The van der Waals surface area contributed by atoms with Crippen LogP contribution in [0, 0.1) is 9.39 Å². The summed E-state index contributed by atoms with van der Waals surface area (Å²) in [4.78, 5) is 11.6. The number of halogens is 2. The van der Waals surface area contributed by atoms with Crippen LogP contribution in [0.3, 0.4) is 0 Å². The van der Waals surface area contributed by atoms with E-state index in [9.17, 15) is 9.18 Å². The molecule has 0 atom stereocenters. The maximum Gasteiger partial charge on any atom is 0.323 e. The van der Waals surface area contributed by atoms with Gasteiger partial charge in [-0.1, -0.05) is 12.1 Å². The Morgan fingerprint density at radius 3 is 2.35 bits per heavy atom. The standard InChI is InChI=1S/C15H12FIN2O/c16-12-3-1-11(2-4-12)9-10-18-15(20)19-14-7-5-13(17)6-8-14/h1-10H,(H2,18,19,20)/b10-9+. The molecule has 0 aliphatic carbocycles. The maximum absolute atomic E-state index is 12.7. The van der Waals surface area contributed by atoms with E-state index in [-0.39, 0.29) is 11.8 Å². The number of amides is 2. The van der Waals surface area contributed by atoms with E-state index in [1.165, 1.54) is 18.3 Å². The first kappa shape index (κ1) is 14.5. The molecule has 0 fully saturated rings. The van der Waals surface area contributed by atoms with E-state index in [0.29, 0.717) is 0 Å². The molecule has 20 heavy (non-hydrogen) atoms. The highest BCUT2D eigenvalue weighted by Gasteiger charge is 1.98. The van der Waals surface area contributed by atoms with E-state index >= 15 is 0 Å². The summed E-state index contributed by atoms with van der Waals surface area (Å²) in [6.07, 6.45) is 3.20.